The van der Waals surface area contributed by atoms with Crippen LogP contribution in [0.4, 0.5) is 10.2 Å². The van der Waals surface area contributed by atoms with Gasteiger partial charge in [0, 0.05) is 18.2 Å². The first kappa shape index (κ1) is 17.4. The molecule has 1 aromatic carbocycles. The van der Waals surface area contributed by atoms with Crippen molar-refractivity contribution in [3.63, 3.8) is 0 Å². The predicted octanol–water partition coefficient (Wildman–Crippen LogP) is 5.17. The topological polar surface area (TPSA) is 46.4 Å². The van der Waals surface area contributed by atoms with E-state index < -0.39 is 0 Å². The number of amides is 1. The van der Waals surface area contributed by atoms with Crippen LogP contribution in [0.25, 0.3) is 16.9 Å². The van der Waals surface area contributed by atoms with Crippen LogP contribution in [-0.2, 0) is 4.79 Å². The van der Waals surface area contributed by atoms with Crippen LogP contribution in [-0.4, -0.2) is 15.3 Å². The van der Waals surface area contributed by atoms with Gasteiger partial charge in [-0.15, -0.1) is 0 Å². The zero-order valence-corrected chi connectivity index (χ0v) is 15.1. The fraction of sp³-hybridized carbons (Fsp3) is 0.263. The summed E-state index contributed by atoms with van der Waals surface area (Å²) >= 11 is 6.11. The standard InChI is InChI=1S/C19H19ClFN3O/c1-19(2,3)10-16(25)23-18-17(12-4-7-14(21)8-5-12)24-11-13(20)6-9-15(24)22-18/h4-9,11H,10H2,1-3H3,(H,23,25). The molecule has 6 heteroatoms. The number of imidazole rings is 1. The Morgan fingerprint density at radius 1 is 1.20 bits per heavy atom. The van der Waals surface area contributed by atoms with Crippen LogP contribution in [0.5, 0.6) is 0 Å². The molecule has 0 radical (unpaired) electrons. The second-order valence-corrected chi connectivity index (χ2v) is 7.61. The van der Waals surface area contributed by atoms with Crippen molar-refractivity contribution in [2.45, 2.75) is 27.2 Å². The Balaban J connectivity index is 2.09. The number of benzene rings is 1. The molecule has 2 aromatic heterocycles. The first-order valence-corrected chi connectivity index (χ1v) is 8.34. The van der Waals surface area contributed by atoms with E-state index in [4.69, 9.17) is 11.6 Å². The summed E-state index contributed by atoms with van der Waals surface area (Å²) in [6.45, 7) is 5.99. The number of carbonyl (C=O) groups is 1. The van der Waals surface area contributed by atoms with E-state index in [9.17, 15) is 9.18 Å². The molecule has 0 unspecified atom stereocenters. The highest BCUT2D eigenvalue weighted by Crippen LogP contribution is 2.31. The Morgan fingerprint density at radius 2 is 1.88 bits per heavy atom. The number of rotatable bonds is 3. The second-order valence-electron chi connectivity index (χ2n) is 7.18. The smallest absolute Gasteiger partial charge is 0.226 e. The Morgan fingerprint density at radius 3 is 2.52 bits per heavy atom. The van der Waals surface area contributed by atoms with E-state index in [1.807, 2.05) is 20.8 Å². The van der Waals surface area contributed by atoms with Crippen LogP contribution in [0, 0.1) is 11.2 Å². The molecule has 130 valence electrons. The second kappa shape index (κ2) is 6.48. The van der Waals surface area contributed by atoms with Gasteiger partial charge < -0.3 is 5.32 Å². The quantitative estimate of drug-likeness (QED) is 0.701. The number of nitrogens with one attached hydrogen (secondary N) is 1. The highest BCUT2D eigenvalue weighted by molar-refractivity contribution is 6.30. The summed E-state index contributed by atoms with van der Waals surface area (Å²) in [5.41, 5.74) is 1.92. The van der Waals surface area contributed by atoms with E-state index in [-0.39, 0.29) is 17.1 Å². The first-order valence-electron chi connectivity index (χ1n) is 7.96. The maximum atomic E-state index is 13.3. The molecular weight excluding hydrogens is 341 g/mol. The van der Waals surface area contributed by atoms with E-state index >= 15 is 0 Å². The number of carbonyl (C=O) groups excluding carboxylic acids is 1. The van der Waals surface area contributed by atoms with Gasteiger partial charge in [-0.1, -0.05) is 32.4 Å². The predicted molar refractivity (Wildman–Crippen MR) is 98.3 cm³/mol. The summed E-state index contributed by atoms with van der Waals surface area (Å²) < 4.78 is 15.1. The van der Waals surface area contributed by atoms with Gasteiger partial charge in [0.15, 0.2) is 5.82 Å². The van der Waals surface area contributed by atoms with Gasteiger partial charge in [-0.3, -0.25) is 9.20 Å². The molecule has 0 bridgehead atoms. The van der Waals surface area contributed by atoms with Gasteiger partial charge in [0.05, 0.1) is 10.7 Å². The average molecular weight is 360 g/mol. The zero-order valence-electron chi connectivity index (χ0n) is 14.3. The number of nitrogens with zero attached hydrogens (tertiary/aromatic N) is 2. The van der Waals surface area contributed by atoms with Crippen LogP contribution in [0.2, 0.25) is 5.02 Å². The van der Waals surface area contributed by atoms with Crippen molar-refractivity contribution in [1.29, 1.82) is 0 Å². The van der Waals surface area contributed by atoms with Gasteiger partial charge in [-0.25, -0.2) is 9.37 Å². The molecule has 25 heavy (non-hydrogen) atoms. The lowest BCUT2D eigenvalue weighted by Crippen LogP contribution is -2.20. The minimum absolute atomic E-state index is 0.120. The maximum absolute atomic E-state index is 13.3. The lowest BCUT2D eigenvalue weighted by Gasteiger charge is -2.17. The third-order valence-corrected chi connectivity index (χ3v) is 3.87. The van der Waals surface area contributed by atoms with Crippen LogP contribution >= 0.6 is 11.6 Å². The lowest BCUT2D eigenvalue weighted by molar-refractivity contribution is -0.117. The number of fused-ring (bicyclic) bond motifs is 1. The Labute approximate surface area is 150 Å². The molecule has 0 saturated carbocycles. The molecule has 1 N–H and O–H groups in total. The van der Waals surface area contributed by atoms with E-state index in [1.165, 1.54) is 12.1 Å². The van der Waals surface area contributed by atoms with Gasteiger partial charge in [-0.2, -0.15) is 0 Å². The molecule has 0 atom stereocenters. The number of aromatic nitrogens is 2. The Kier molecular flexibility index (Phi) is 4.52. The molecule has 3 aromatic rings. The first-order chi connectivity index (χ1) is 11.7. The fourth-order valence-electron chi connectivity index (χ4n) is 2.65. The van der Waals surface area contributed by atoms with Crippen molar-refractivity contribution < 1.29 is 9.18 Å². The summed E-state index contributed by atoms with van der Waals surface area (Å²) in [7, 11) is 0. The number of halogens is 2. The molecule has 4 nitrogen and oxygen atoms in total. The third kappa shape index (κ3) is 3.99. The summed E-state index contributed by atoms with van der Waals surface area (Å²) in [6, 6.07) is 9.56. The molecule has 0 spiro atoms. The average Bonchev–Trinajstić information content (AvgIpc) is 2.83. The minimum Gasteiger partial charge on any atom is -0.309 e. The van der Waals surface area contributed by atoms with Crippen molar-refractivity contribution in [2.24, 2.45) is 5.41 Å². The number of hydrogen-bond acceptors (Lipinski definition) is 2. The Hall–Kier alpha value is -2.40. The monoisotopic (exact) mass is 359 g/mol. The molecule has 3 rings (SSSR count). The molecule has 1 amide bonds. The third-order valence-electron chi connectivity index (χ3n) is 3.65. The van der Waals surface area contributed by atoms with Gasteiger partial charge >= 0.3 is 0 Å². The van der Waals surface area contributed by atoms with E-state index in [2.05, 4.69) is 10.3 Å². The maximum Gasteiger partial charge on any atom is 0.226 e. The van der Waals surface area contributed by atoms with Crippen molar-refractivity contribution in [3.05, 3.63) is 53.4 Å². The highest BCUT2D eigenvalue weighted by Gasteiger charge is 2.20. The minimum atomic E-state index is -0.325. The molecule has 0 aliphatic heterocycles. The van der Waals surface area contributed by atoms with Gasteiger partial charge in [0.2, 0.25) is 5.91 Å². The van der Waals surface area contributed by atoms with Crippen LogP contribution in [0.1, 0.15) is 27.2 Å². The number of hydrogen-bond donors (Lipinski definition) is 1. The van der Waals surface area contributed by atoms with Crippen LogP contribution < -0.4 is 5.32 Å². The van der Waals surface area contributed by atoms with Crippen LogP contribution in [0.15, 0.2) is 42.6 Å². The summed E-state index contributed by atoms with van der Waals surface area (Å²) in [6.07, 6.45) is 2.09. The molecule has 2 heterocycles. The van der Waals surface area contributed by atoms with Crippen molar-refractivity contribution >= 4 is 29.0 Å². The van der Waals surface area contributed by atoms with E-state index in [0.717, 1.165) is 5.56 Å². The normalized spacial score (nSPS) is 11.7. The molecule has 0 aliphatic carbocycles. The Bertz CT molecular complexity index is 926. The van der Waals surface area contributed by atoms with Crippen LogP contribution in [0.3, 0.4) is 0 Å². The van der Waals surface area contributed by atoms with Crippen molar-refractivity contribution in [2.75, 3.05) is 5.32 Å². The van der Waals surface area contributed by atoms with E-state index in [0.29, 0.717) is 28.6 Å². The summed E-state index contributed by atoms with van der Waals surface area (Å²) in [5, 5.41) is 3.42. The largest absolute Gasteiger partial charge is 0.309 e. The van der Waals surface area contributed by atoms with E-state index in [1.54, 1.807) is 34.9 Å². The van der Waals surface area contributed by atoms with Gasteiger partial charge in [0.25, 0.3) is 0 Å². The lowest BCUT2D eigenvalue weighted by atomic mass is 9.92. The molecule has 0 aliphatic rings. The number of anilines is 1. The highest BCUT2D eigenvalue weighted by atomic mass is 35.5. The molecule has 0 saturated heterocycles. The molecular formula is C19H19ClFN3O. The SMILES string of the molecule is CC(C)(C)CC(=O)Nc1nc2ccc(Cl)cn2c1-c1ccc(F)cc1. The molecule has 0 fully saturated rings. The van der Waals surface area contributed by atoms with Gasteiger partial charge in [-0.05, 0) is 41.8 Å². The number of pyridine rings is 1. The van der Waals surface area contributed by atoms with Crippen molar-refractivity contribution in [1.82, 2.24) is 9.38 Å². The zero-order chi connectivity index (χ0) is 18.2. The fourth-order valence-corrected chi connectivity index (χ4v) is 2.81. The summed E-state index contributed by atoms with van der Waals surface area (Å²) in [5.74, 6) is -0.0117. The van der Waals surface area contributed by atoms with Crippen molar-refractivity contribution in [3.8, 4) is 11.3 Å². The summed E-state index contributed by atoms with van der Waals surface area (Å²) in [4.78, 5) is 16.9. The van der Waals surface area contributed by atoms with Gasteiger partial charge in [0.1, 0.15) is 11.5 Å².